The van der Waals surface area contributed by atoms with E-state index in [9.17, 15) is 14.4 Å². The number of aromatic nitrogens is 2. The third-order valence-corrected chi connectivity index (χ3v) is 10.5. The summed E-state index contributed by atoms with van der Waals surface area (Å²) in [5, 5.41) is 17.8. The molecule has 0 spiro atoms. The molecular weight excluding hydrogens is 594 g/mol. The van der Waals surface area contributed by atoms with Crippen molar-refractivity contribution in [1.82, 2.24) is 40.4 Å². The predicted octanol–water partition coefficient (Wildman–Crippen LogP) is 3.02. The van der Waals surface area contributed by atoms with Crippen LogP contribution >= 0.6 is 0 Å². The van der Waals surface area contributed by atoms with Crippen molar-refractivity contribution in [1.29, 1.82) is 0 Å². The number of anilines is 1. The smallest absolute Gasteiger partial charge is 0.322 e. The van der Waals surface area contributed by atoms with Crippen molar-refractivity contribution in [3.63, 3.8) is 0 Å². The van der Waals surface area contributed by atoms with Crippen LogP contribution in [0.1, 0.15) is 43.2 Å². The summed E-state index contributed by atoms with van der Waals surface area (Å²) in [5.74, 6) is -0.0199. The lowest BCUT2D eigenvalue weighted by Gasteiger charge is -2.38. The highest BCUT2D eigenvalue weighted by molar-refractivity contribution is 5.91. The van der Waals surface area contributed by atoms with Crippen LogP contribution in [0.2, 0.25) is 0 Å². The van der Waals surface area contributed by atoms with E-state index < -0.39 is 6.04 Å². The number of carbonyl (C=O) groups excluding carboxylic acids is 3. The van der Waals surface area contributed by atoms with Crippen molar-refractivity contribution in [2.24, 2.45) is 0 Å². The van der Waals surface area contributed by atoms with E-state index in [4.69, 9.17) is 0 Å². The first-order chi connectivity index (χ1) is 23.0. The van der Waals surface area contributed by atoms with Gasteiger partial charge in [-0.2, -0.15) is 5.10 Å². The molecule has 1 unspecified atom stereocenters. The first kappa shape index (κ1) is 31.4. The molecule has 250 valence electrons. The second-order valence-electron chi connectivity index (χ2n) is 13.4. The summed E-state index contributed by atoms with van der Waals surface area (Å²) in [7, 11) is 0. The Morgan fingerprint density at radius 1 is 0.894 bits per heavy atom. The fraction of sp³-hybridized carbons (Fsp3) is 0.543. The lowest BCUT2D eigenvalue weighted by atomic mass is 10.0. The number of urea groups is 2. The first-order valence-electron chi connectivity index (χ1n) is 17.4. The Balaban J connectivity index is 0.998. The molecule has 1 aromatic heterocycles. The monoisotopic (exact) mass is 641 g/mol. The van der Waals surface area contributed by atoms with Crippen LogP contribution in [0.25, 0.3) is 10.9 Å². The van der Waals surface area contributed by atoms with Crippen LogP contribution in [0.15, 0.2) is 48.7 Å². The molecule has 2 aromatic carbocycles. The molecule has 3 aromatic rings. The fourth-order valence-electron chi connectivity index (χ4n) is 7.83. The van der Waals surface area contributed by atoms with E-state index in [0.29, 0.717) is 58.0 Å². The topological polar surface area (TPSA) is 129 Å². The van der Waals surface area contributed by atoms with Crippen molar-refractivity contribution in [3.05, 3.63) is 59.8 Å². The van der Waals surface area contributed by atoms with Gasteiger partial charge in [0.05, 0.1) is 11.7 Å². The molecule has 0 saturated carbocycles. The molecule has 5 amide bonds. The highest BCUT2D eigenvalue weighted by atomic mass is 16.2. The Kier molecular flexibility index (Phi) is 9.57. The van der Waals surface area contributed by atoms with Gasteiger partial charge >= 0.3 is 12.1 Å². The Morgan fingerprint density at radius 2 is 1.72 bits per heavy atom. The summed E-state index contributed by atoms with van der Waals surface area (Å²) in [6.45, 7) is 7.05. The van der Waals surface area contributed by atoms with Crippen molar-refractivity contribution in [2.45, 2.75) is 63.1 Å². The van der Waals surface area contributed by atoms with Gasteiger partial charge in [0.2, 0.25) is 5.91 Å². The molecule has 12 nitrogen and oxygen atoms in total. The summed E-state index contributed by atoms with van der Waals surface area (Å²) < 4.78 is 0. The molecule has 12 heteroatoms. The molecule has 4 N–H and O–H groups in total. The van der Waals surface area contributed by atoms with Crippen LogP contribution in [-0.2, 0) is 17.6 Å². The van der Waals surface area contributed by atoms with Crippen LogP contribution < -0.4 is 16.0 Å². The molecule has 0 aliphatic carbocycles. The second kappa shape index (κ2) is 14.3. The molecule has 4 aliphatic heterocycles. The maximum atomic E-state index is 14.2. The average Bonchev–Trinajstić information content (AvgIpc) is 3.33. The predicted molar refractivity (Wildman–Crippen MR) is 181 cm³/mol. The molecule has 3 saturated heterocycles. The van der Waals surface area contributed by atoms with Crippen LogP contribution in [0.5, 0.6) is 0 Å². The number of para-hydroxylation sites is 1. The number of benzene rings is 2. The third-order valence-electron chi connectivity index (χ3n) is 10.5. The average molecular weight is 642 g/mol. The van der Waals surface area contributed by atoms with Gasteiger partial charge in [-0.15, -0.1) is 0 Å². The molecule has 47 heavy (non-hydrogen) atoms. The molecule has 0 radical (unpaired) electrons. The summed E-state index contributed by atoms with van der Waals surface area (Å²) in [6, 6.07) is 13.6. The summed E-state index contributed by atoms with van der Waals surface area (Å²) in [5.41, 5.74) is 3.95. The van der Waals surface area contributed by atoms with E-state index >= 15 is 0 Å². The van der Waals surface area contributed by atoms with Gasteiger partial charge in [-0.3, -0.25) is 14.8 Å². The molecule has 7 rings (SSSR count). The number of H-pyrrole nitrogens is 1. The number of amides is 5. The fourth-order valence-corrected chi connectivity index (χ4v) is 7.83. The van der Waals surface area contributed by atoms with Gasteiger partial charge in [-0.25, -0.2) is 9.59 Å². The molecule has 5 heterocycles. The van der Waals surface area contributed by atoms with Gasteiger partial charge in [-0.1, -0.05) is 24.3 Å². The minimum Gasteiger partial charge on any atom is -0.340 e. The number of aromatic amines is 1. The number of fused-ring (bicyclic) bond motifs is 2. The minimum atomic E-state index is -0.676. The number of hydrogen-bond donors (Lipinski definition) is 4. The van der Waals surface area contributed by atoms with Gasteiger partial charge in [0.25, 0.3) is 0 Å². The largest absolute Gasteiger partial charge is 0.340 e. The Bertz CT molecular complexity index is 1560. The standard InChI is InChI=1S/C35H47N9O3/c45-33(42-16-3-15-41(20-21-42)28-8-13-36-14-9-28)32(23-25-6-7-31-27(22-25)24-37-40-31)39-34(46)43-17-11-29(12-18-43)44-19-10-26-4-1-2-5-30(26)38-35(44)47/h1-2,4-7,22,24,28-29,32,36H,3,8-21,23H2,(H,37,40)(H,38,47)(H,39,46). The number of carbonyl (C=O) groups is 3. The van der Waals surface area contributed by atoms with E-state index in [0.717, 1.165) is 79.6 Å². The van der Waals surface area contributed by atoms with Crippen LogP contribution in [0, 0.1) is 0 Å². The van der Waals surface area contributed by atoms with Crippen molar-refractivity contribution >= 4 is 34.6 Å². The highest BCUT2D eigenvalue weighted by Gasteiger charge is 2.34. The second-order valence-corrected chi connectivity index (χ2v) is 13.4. The lowest BCUT2D eigenvalue weighted by Crippen LogP contribution is -2.56. The Morgan fingerprint density at radius 3 is 2.57 bits per heavy atom. The Hall–Kier alpha value is -4.16. The van der Waals surface area contributed by atoms with Crippen LogP contribution in [0.3, 0.4) is 0 Å². The summed E-state index contributed by atoms with van der Waals surface area (Å²) >= 11 is 0. The first-order valence-corrected chi connectivity index (χ1v) is 17.4. The molecular formula is C35H47N9O3. The Labute approximate surface area is 276 Å². The van der Waals surface area contributed by atoms with Gasteiger partial charge in [0.1, 0.15) is 6.04 Å². The SMILES string of the molecule is O=C(NC(Cc1ccc2[nH]ncc2c1)C(=O)N1CCCN(C2CCNCC2)CC1)N1CCC(N2CCc3ccccc3NC2=O)CC1. The van der Waals surface area contributed by atoms with E-state index in [1.165, 1.54) is 0 Å². The van der Waals surface area contributed by atoms with Crippen molar-refractivity contribution < 1.29 is 14.4 Å². The highest BCUT2D eigenvalue weighted by Crippen LogP contribution is 2.25. The molecule has 0 bridgehead atoms. The minimum absolute atomic E-state index is 0.0199. The van der Waals surface area contributed by atoms with Crippen molar-refractivity contribution in [2.75, 3.05) is 64.2 Å². The van der Waals surface area contributed by atoms with E-state index in [1.807, 2.05) is 51.1 Å². The van der Waals surface area contributed by atoms with Crippen LogP contribution in [-0.4, -0.2) is 125 Å². The number of piperidine rings is 2. The van der Waals surface area contributed by atoms with Crippen molar-refractivity contribution in [3.8, 4) is 0 Å². The number of nitrogens with zero attached hydrogens (tertiary/aromatic N) is 5. The number of hydrogen-bond acceptors (Lipinski definition) is 6. The number of nitrogens with one attached hydrogen (secondary N) is 4. The normalized spacial score (nSPS) is 21.1. The van der Waals surface area contributed by atoms with Gasteiger partial charge in [0.15, 0.2) is 0 Å². The maximum absolute atomic E-state index is 14.2. The zero-order chi connectivity index (χ0) is 32.2. The van der Waals surface area contributed by atoms with Gasteiger partial charge in [-0.05, 0) is 80.9 Å². The van der Waals surface area contributed by atoms with E-state index in [-0.39, 0.29) is 24.0 Å². The summed E-state index contributed by atoms with van der Waals surface area (Å²) in [6.07, 6.45) is 7.62. The third kappa shape index (κ3) is 7.23. The maximum Gasteiger partial charge on any atom is 0.322 e. The molecule has 3 fully saturated rings. The number of rotatable bonds is 6. The zero-order valence-electron chi connectivity index (χ0n) is 27.1. The van der Waals surface area contributed by atoms with E-state index in [1.54, 1.807) is 6.20 Å². The quantitative estimate of drug-likeness (QED) is 0.328. The van der Waals surface area contributed by atoms with Gasteiger partial charge in [0, 0.05) is 75.4 Å². The summed E-state index contributed by atoms with van der Waals surface area (Å²) in [4.78, 5) is 49.3. The molecule has 1 atom stereocenters. The number of likely N-dealkylation sites (tertiary alicyclic amines) is 1. The lowest BCUT2D eigenvalue weighted by molar-refractivity contribution is -0.133. The van der Waals surface area contributed by atoms with E-state index in [2.05, 4.69) is 37.1 Å². The zero-order valence-corrected chi connectivity index (χ0v) is 27.1. The van der Waals surface area contributed by atoms with Gasteiger partial charge < -0.3 is 30.7 Å². The van der Waals surface area contributed by atoms with Crippen LogP contribution in [0.4, 0.5) is 15.3 Å². The molecule has 4 aliphatic rings.